The summed E-state index contributed by atoms with van der Waals surface area (Å²) < 4.78 is 5.55. The Kier molecular flexibility index (Phi) is 8.19. The molecule has 2 aromatic rings. The molecule has 23 heavy (non-hydrogen) atoms. The van der Waals surface area contributed by atoms with Gasteiger partial charge in [-0.05, 0) is 49.2 Å². The summed E-state index contributed by atoms with van der Waals surface area (Å²) in [6.45, 7) is 4.96. The van der Waals surface area contributed by atoms with Gasteiger partial charge >= 0.3 is 0 Å². The molecule has 0 aliphatic heterocycles. The molecular weight excluding hydrogens is 425 g/mol. The average molecular weight is 446 g/mol. The van der Waals surface area contributed by atoms with Crippen molar-refractivity contribution >= 4 is 47.2 Å². The molecule has 0 saturated carbocycles. The van der Waals surface area contributed by atoms with Crippen LogP contribution < -0.4 is 15.8 Å². The summed E-state index contributed by atoms with van der Waals surface area (Å²) in [7, 11) is 0. The van der Waals surface area contributed by atoms with Gasteiger partial charge in [0.2, 0.25) is 0 Å². The number of nitrogens with zero attached hydrogens (tertiary/aromatic N) is 1. The second-order valence-corrected chi connectivity index (χ2v) is 5.45. The lowest BCUT2D eigenvalue weighted by molar-refractivity contribution is 0.329. The van der Waals surface area contributed by atoms with Gasteiger partial charge in [0, 0.05) is 5.69 Å². The summed E-state index contributed by atoms with van der Waals surface area (Å²) in [4.78, 5) is 4.24. The van der Waals surface area contributed by atoms with Gasteiger partial charge in [0.05, 0.1) is 11.6 Å². The third-order valence-corrected chi connectivity index (χ3v) is 3.27. The maximum Gasteiger partial charge on any atom is 0.193 e. The van der Waals surface area contributed by atoms with Gasteiger partial charge in [-0.1, -0.05) is 29.8 Å². The molecule has 4 nitrogen and oxygen atoms in total. The van der Waals surface area contributed by atoms with Crippen LogP contribution in [-0.2, 0) is 0 Å². The number of para-hydroxylation sites is 1. The molecule has 0 radical (unpaired) electrons. The van der Waals surface area contributed by atoms with E-state index in [1.54, 1.807) is 6.07 Å². The van der Waals surface area contributed by atoms with Crippen molar-refractivity contribution in [2.45, 2.75) is 13.8 Å². The van der Waals surface area contributed by atoms with Gasteiger partial charge < -0.3 is 15.8 Å². The van der Waals surface area contributed by atoms with E-state index in [2.05, 4.69) is 16.4 Å². The van der Waals surface area contributed by atoms with Gasteiger partial charge in [-0.3, -0.25) is 0 Å². The highest BCUT2D eigenvalue weighted by Crippen LogP contribution is 2.22. The molecule has 0 aliphatic rings. The average Bonchev–Trinajstić information content (AvgIpc) is 2.44. The number of rotatable bonds is 5. The summed E-state index contributed by atoms with van der Waals surface area (Å²) >= 11 is 6.00. The van der Waals surface area contributed by atoms with E-state index in [-0.39, 0.29) is 24.0 Å². The third kappa shape index (κ3) is 6.66. The van der Waals surface area contributed by atoms with Crippen LogP contribution in [0.25, 0.3) is 0 Å². The Morgan fingerprint density at radius 1 is 1.17 bits per heavy atom. The molecule has 0 bridgehead atoms. The lowest BCUT2D eigenvalue weighted by Gasteiger charge is -2.09. The Morgan fingerprint density at radius 3 is 2.48 bits per heavy atom. The van der Waals surface area contributed by atoms with E-state index in [4.69, 9.17) is 22.1 Å². The highest BCUT2D eigenvalue weighted by Gasteiger charge is 2.00. The van der Waals surface area contributed by atoms with Crippen molar-refractivity contribution in [2.24, 2.45) is 10.7 Å². The first-order chi connectivity index (χ1) is 10.5. The molecule has 124 valence electrons. The van der Waals surface area contributed by atoms with Gasteiger partial charge in [-0.25, -0.2) is 4.99 Å². The third-order valence-electron chi connectivity index (χ3n) is 2.96. The molecule has 0 amide bonds. The van der Waals surface area contributed by atoms with Crippen molar-refractivity contribution in [3.63, 3.8) is 0 Å². The predicted octanol–water partition coefficient (Wildman–Crippen LogP) is 4.38. The maximum atomic E-state index is 6.00. The monoisotopic (exact) mass is 445 g/mol. The van der Waals surface area contributed by atoms with Crippen LogP contribution in [0, 0.1) is 13.8 Å². The molecule has 0 fully saturated rings. The van der Waals surface area contributed by atoms with E-state index in [9.17, 15) is 0 Å². The number of hydrogen-bond acceptors (Lipinski definition) is 2. The zero-order valence-electron chi connectivity index (χ0n) is 13.2. The van der Waals surface area contributed by atoms with Crippen molar-refractivity contribution in [1.29, 1.82) is 0 Å². The van der Waals surface area contributed by atoms with Crippen LogP contribution in [0.1, 0.15) is 11.1 Å². The summed E-state index contributed by atoms with van der Waals surface area (Å²) in [5.74, 6) is 1.02. The van der Waals surface area contributed by atoms with Gasteiger partial charge in [-0.2, -0.15) is 0 Å². The Balaban J connectivity index is 0.00000264. The lowest BCUT2D eigenvalue weighted by atomic mass is 10.1. The van der Waals surface area contributed by atoms with Crippen LogP contribution in [0.15, 0.2) is 47.5 Å². The maximum absolute atomic E-state index is 6.00. The van der Waals surface area contributed by atoms with Gasteiger partial charge in [0.15, 0.2) is 5.96 Å². The van der Waals surface area contributed by atoms with E-state index < -0.39 is 0 Å². The number of hydrogen-bond donors (Lipinski definition) is 2. The summed E-state index contributed by atoms with van der Waals surface area (Å²) in [5.41, 5.74) is 9.16. The van der Waals surface area contributed by atoms with Crippen molar-refractivity contribution in [2.75, 3.05) is 18.5 Å². The standard InChI is InChI=1S/C17H20ClN3O.HI/c1-12-9-13(2)11-14(10-12)21-17(19)20-7-8-22-16-6-4-3-5-15(16)18;/h3-6,9-11H,7-8H2,1-2H3,(H3,19,20,21);1H. The van der Waals surface area contributed by atoms with E-state index in [0.29, 0.717) is 29.9 Å². The van der Waals surface area contributed by atoms with E-state index in [1.807, 2.05) is 44.2 Å². The fourth-order valence-electron chi connectivity index (χ4n) is 2.12. The van der Waals surface area contributed by atoms with Crippen molar-refractivity contribution in [3.05, 3.63) is 58.6 Å². The number of anilines is 1. The van der Waals surface area contributed by atoms with Crippen LogP contribution in [0.3, 0.4) is 0 Å². The molecule has 3 N–H and O–H groups in total. The van der Waals surface area contributed by atoms with Gasteiger partial charge in [0.1, 0.15) is 12.4 Å². The lowest BCUT2D eigenvalue weighted by Crippen LogP contribution is -2.23. The zero-order valence-corrected chi connectivity index (χ0v) is 16.3. The molecule has 0 unspecified atom stereocenters. The minimum atomic E-state index is 0. The molecule has 0 aliphatic carbocycles. The second-order valence-electron chi connectivity index (χ2n) is 5.05. The molecule has 0 heterocycles. The van der Waals surface area contributed by atoms with Crippen LogP contribution in [0.5, 0.6) is 5.75 Å². The van der Waals surface area contributed by atoms with Gasteiger partial charge in [0.25, 0.3) is 0 Å². The first kappa shape index (κ1) is 19.6. The minimum Gasteiger partial charge on any atom is -0.490 e. The fourth-order valence-corrected chi connectivity index (χ4v) is 2.31. The Morgan fingerprint density at radius 2 is 1.83 bits per heavy atom. The molecule has 6 heteroatoms. The quantitative estimate of drug-likeness (QED) is 0.311. The predicted molar refractivity (Wildman–Crippen MR) is 108 cm³/mol. The molecule has 0 aromatic heterocycles. The minimum absolute atomic E-state index is 0. The highest BCUT2D eigenvalue weighted by atomic mass is 127. The Labute approximate surface area is 159 Å². The smallest absolute Gasteiger partial charge is 0.193 e. The number of benzene rings is 2. The Bertz CT molecular complexity index is 656. The number of nitrogens with one attached hydrogen (secondary N) is 1. The molecule has 2 aromatic carbocycles. The van der Waals surface area contributed by atoms with E-state index in [0.717, 1.165) is 5.69 Å². The molecule has 2 rings (SSSR count). The first-order valence-electron chi connectivity index (χ1n) is 7.07. The number of ether oxygens (including phenoxy) is 1. The largest absolute Gasteiger partial charge is 0.490 e. The summed E-state index contributed by atoms with van der Waals surface area (Å²) in [5, 5.41) is 3.67. The number of nitrogens with two attached hydrogens (primary N) is 1. The first-order valence-corrected chi connectivity index (χ1v) is 7.45. The number of halogens is 2. The molecule has 0 spiro atoms. The van der Waals surface area contributed by atoms with Crippen LogP contribution in [-0.4, -0.2) is 19.1 Å². The number of aryl methyl sites for hydroxylation is 2. The van der Waals surface area contributed by atoms with Crippen molar-refractivity contribution in [1.82, 2.24) is 0 Å². The fraction of sp³-hybridized carbons (Fsp3) is 0.235. The number of guanidine groups is 1. The van der Waals surface area contributed by atoms with Crippen LogP contribution >= 0.6 is 35.6 Å². The molecular formula is C17H21ClIN3O. The van der Waals surface area contributed by atoms with Crippen LogP contribution in [0.4, 0.5) is 5.69 Å². The highest BCUT2D eigenvalue weighted by molar-refractivity contribution is 14.0. The van der Waals surface area contributed by atoms with Crippen LogP contribution in [0.2, 0.25) is 5.02 Å². The topological polar surface area (TPSA) is 59.6 Å². The van der Waals surface area contributed by atoms with Crippen molar-refractivity contribution < 1.29 is 4.74 Å². The zero-order chi connectivity index (χ0) is 15.9. The summed E-state index contributed by atoms with van der Waals surface area (Å²) in [6.07, 6.45) is 0. The van der Waals surface area contributed by atoms with E-state index >= 15 is 0 Å². The Hall–Kier alpha value is -1.47. The van der Waals surface area contributed by atoms with Gasteiger partial charge in [-0.15, -0.1) is 24.0 Å². The molecule has 0 saturated heterocycles. The summed E-state index contributed by atoms with van der Waals surface area (Å²) in [6, 6.07) is 13.5. The van der Waals surface area contributed by atoms with Crippen molar-refractivity contribution in [3.8, 4) is 5.75 Å². The number of aliphatic imine (C=N–C) groups is 1. The van der Waals surface area contributed by atoms with E-state index in [1.165, 1.54) is 11.1 Å². The second kappa shape index (κ2) is 9.62. The normalized spacial score (nSPS) is 10.8. The SMILES string of the molecule is Cc1cc(C)cc(NC(N)=NCCOc2ccccc2Cl)c1.I. The molecule has 0 atom stereocenters.